The minimum Gasteiger partial charge on any atom is -0.497 e. The molecule has 1 heterocycles. The van der Waals surface area contributed by atoms with Crippen LogP contribution in [0.2, 0.25) is 0 Å². The van der Waals surface area contributed by atoms with Crippen molar-refractivity contribution in [3.63, 3.8) is 0 Å². The molecule has 0 saturated carbocycles. The molecule has 0 aliphatic heterocycles. The predicted octanol–water partition coefficient (Wildman–Crippen LogP) is 2.45. The van der Waals surface area contributed by atoms with Gasteiger partial charge in [0.25, 0.3) is 0 Å². The number of carboxylic acids is 1. The van der Waals surface area contributed by atoms with E-state index >= 15 is 0 Å². The summed E-state index contributed by atoms with van der Waals surface area (Å²) in [6.45, 7) is 1.94. The molecule has 0 spiro atoms. The Morgan fingerprint density at radius 3 is 2.76 bits per heavy atom. The fourth-order valence-corrected chi connectivity index (χ4v) is 2.01. The van der Waals surface area contributed by atoms with Gasteiger partial charge in [0.1, 0.15) is 11.4 Å². The summed E-state index contributed by atoms with van der Waals surface area (Å²) in [6.07, 6.45) is 2.34. The summed E-state index contributed by atoms with van der Waals surface area (Å²) in [4.78, 5) is 25.6. The first kappa shape index (κ1) is 14.6. The second-order valence-electron chi connectivity index (χ2n) is 4.22. The summed E-state index contributed by atoms with van der Waals surface area (Å²) in [7, 11) is 1.53. The van der Waals surface area contributed by atoms with E-state index in [4.69, 9.17) is 14.6 Å². The van der Waals surface area contributed by atoms with Crippen molar-refractivity contribution < 1.29 is 24.2 Å². The second-order valence-corrected chi connectivity index (χ2v) is 4.22. The number of carboxylic acid groups (broad SMARTS) is 1. The number of aliphatic carboxylic acids is 1. The standard InChI is InChI=1S/C15H15NO5/c1-3-21-15(19)14-10(5-7-13(17)18)11-8-9(20-2)4-6-12(11)16-14/h4-8,16H,3H2,1-2H3,(H,17,18)/b7-5-. The van der Waals surface area contributed by atoms with E-state index in [1.54, 1.807) is 25.1 Å². The van der Waals surface area contributed by atoms with E-state index < -0.39 is 11.9 Å². The Morgan fingerprint density at radius 2 is 2.14 bits per heavy atom. The maximum absolute atomic E-state index is 12.0. The highest BCUT2D eigenvalue weighted by molar-refractivity contribution is 6.04. The van der Waals surface area contributed by atoms with E-state index in [0.717, 1.165) is 6.08 Å². The fraction of sp³-hybridized carbons (Fsp3) is 0.200. The Labute approximate surface area is 121 Å². The summed E-state index contributed by atoms with van der Waals surface area (Å²) in [5.41, 5.74) is 1.38. The van der Waals surface area contributed by atoms with Gasteiger partial charge in [-0.2, -0.15) is 0 Å². The average molecular weight is 289 g/mol. The molecule has 110 valence electrons. The Morgan fingerprint density at radius 1 is 1.38 bits per heavy atom. The van der Waals surface area contributed by atoms with Gasteiger partial charge in [-0.05, 0) is 31.2 Å². The third-order valence-corrected chi connectivity index (χ3v) is 2.92. The van der Waals surface area contributed by atoms with Gasteiger partial charge in [0, 0.05) is 22.5 Å². The zero-order valence-corrected chi connectivity index (χ0v) is 11.7. The number of rotatable bonds is 5. The number of esters is 1. The number of carbonyl (C=O) groups is 2. The van der Waals surface area contributed by atoms with Gasteiger partial charge < -0.3 is 19.6 Å². The third kappa shape index (κ3) is 3.05. The topological polar surface area (TPSA) is 88.6 Å². The molecule has 0 aliphatic carbocycles. The number of hydrogen-bond acceptors (Lipinski definition) is 4. The lowest BCUT2D eigenvalue weighted by Crippen LogP contribution is -2.06. The molecule has 1 aromatic heterocycles. The number of fused-ring (bicyclic) bond motifs is 1. The van der Waals surface area contributed by atoms with E-state index in [1.807, 2.05) is 0 Å². The molecular weight excluding hydrogens is 274 g/mol. The van der Waals surface area contributed by atoms with Gasteiger partial charge in [-0.1, -0.05) is 0 Å². The van der Waals surface area contributed by atoms with Crippen LogP contribution in [0.15, 0.2) is 24.3 Å². The van der Waals surface area contributed by atoms with Gasteiger partial charge in [0.2, 0.25) is 0 Å². The Kier molecular flexibility index (Phi) is 4.27. The molecule has 0 unspecified atom stereocenters. The van der Waals surface area contributed by atoms with Gasteiger partial charge in [-0.25, -0.2) is 9.59 Å². The molecule has 0 atom stereocenters. The minimum atomic E-state index is -1.10. The minimum absolute atomic E-state index is 0.220. The summed E-state index contributed by atoms with van der Waals surface area (Å²) < 4.78 is 10.1. The summed E-state index contributed by atoms with van der Waals surface area (Å²) in [5.74, 6) is -1.01. The Hall–Kier alpha value is -2.76. The van der Waals surface area contributed by atoms with Gasteiger partial charge in [-0.3, -0.25) is 0 Å². The molecule has 2 aromatic rings. The monoisotopic (exact) mass is 289 g/mol. The third-order valence-electron chi connectivity index (χ3n) is 2.92. The summed E-state index contributed by atoms with van der Waals surface area (Å²) in [5, 5.41) is 9.47. The SMILES string of the molecule is CCOC(=O)c1[nH]c2ccc(OC)cc2c1/C=C\C(=O)O. The molecule has 0 saturated heterocycles. The van der Waals surface area contributed by atoms with Crippen molar-refractivity contribution in [3.8, 4) is 5.75 Å². The van der Waals surface area contributed by atoms with Gasteiger partial charge in [0.15, 0.2) is 0 Å². The molecule has 0 bridgehead atoms. The molecule has 21 heavy (non-hydrogen) atoms. The number of benzene rings is 1. The van der Waals surface area contributed by atoms with Crippen molar-refractivity contribution in [3.05, 3.63) is 35.5 Å². The normalized spacial score (nSPS) is 11.0. The number of aromatic nitrogens is 1. The summed E-state index contributed by atoms with van der Waals surface area (Å²) >= 11 is 0. The van der Waals surface area contributed by atoms with Crippen LogP contribution < -0.4 is 4.74 Å². The zero-order chi connectivity index (χ0) is 15.4. The van der Waals surface area contributed by atoms with Crippen molar-refractivity contribution in [1.82, 2.24) is 4.98 Å². The lowest BCUT2D eigenvalue weighted by molar-refractivity contribution is -0.131. The number of hydrogen-bond donors (Lipinski definition) is 2. The van der Waals surface area contributed by atoms with E-state index in [-0.39, 0.29) is 12.3 Å². The number of carbonyl (C=O) groups excluding carboxylic acids is 1. The predicted molar refractivity (Wildman–Crippen MR) is 77.5 cm³/mol. The summed E-state index contributed by atoms with van der Waals surface area (Å²) in [6, 6.07) is 5.24. The van der Waals surface area contributed by atoms with Crippen LogP contribution in [0.3, 0.4) is 0 Å². The zero-order valence-electron chi connectivity index (χ0n) is 11.7. The molecule has 1 aromatic carbocycles. The van der Waals surface area contributed by atoms with E-state index in [2.05, 4.69) is 4.98 Å². The van der Waals surface area contributed by atoms with Crippen LogP contribution in [0.1, 0.15) is 23.0 Å². The molecular formula is C15H15NO5. The highest BCUT2D eigenvalue weighted by atomic mass is 16.5. The van der Waals surface area contributed by atoms with Crippen LogP contribution in [0.5, 0.6) is 5.75 Å². The lowest BCUT2D eigenvalue weighted by Gasteiger charge is -2.01. The molecule has 0 aliphatic rings. The van der Waals surface area contributed by atoms with Crippen molar-refractivity contribution in [1.29, 1.82) is 0 Å². The second kappa shape index (κ2) is 6.13. The quantitative estimate of drug-likeness (QED) is 0.652. The van der Waals surface area contributed by atoms with Gasteiger partial charge >= 0.3 is 11.9 Å². The Bertz CT molecular complexity index is 714. The van der Waals surface area contributed by atoms with Gasteiger partial charge in [-0.15, -0.1) is 0 Å². The highest BCUT2D eigenvalue weighted by Gasteiger charge is 2.17. The number of ether oxygens (including phenoxy) is 2. The maximum atomic E-state index is 12.0. The van der Waals surface area contributed by atoms with Crippen LogP contribution >= 0.6 is 0 Å². The van der Waals surface area contributed by atoms with Crippen molar-refractivity contribution in [2.45, 2.75) is 6.92 Å². The van der Waals surface area contributed by atoms with Crippen LogP contribution in [0.25, 0.3) is 17.0 Å². The van der Waals surface area contributed by atoms with Crippen LogP contribution in [-0.4, -0.2) is 35.7 Å². The molecule has 0 radical (unpaired) electrons. The molecule has 0 amide bonds. The first-order chi connectivity index (χ1) is 10.1. The van der Waals surface area contributed by atoms with Gasteiger partial charge in [0.05, 0.1) is 13.7 Å². The molecule has 2 rings (SSSR count). The maximum Gasteiger partial charge on any atom is 0.355 e. The van der Waals surface area contributed by atoms with Crippen molar-refractivity contribution in [2.75, 3.05) is 13.7 Å². The Balaban J connectivity index is 2.63. The van der Waals surface area contributed by atoms with Crippen LogP contribution in [-0.2, 0) is 9.53 Å². The number of methoxy groups -OCH3 is 1. The van der Waals surface area contributed by atoms with Crippen LogP contribution in [0.4, 0.5) is 0 Å². The molecule has 6 heteroatoms. The van der Waals surface area contributed by atoms with E-state index in [1.165, 1.54) is 13.2 Å². The number of nitrogens with one attached hydrogen (secondary N) is 1. The molecule has 2 N–H and O–H groups in total. The smallest absolute Gasteiger partial charge is 0.355 e. The van der Waals surface area contributed by atoms with Crippen LogP contribution in [0, 0.1) is 0 Å². The fourth-order valence-electron chi connectivity index (χ4n) is 2.01. The average Bonchev–Trinajstić information content (AvgIpc) is 2.83. The van der Waals surface area contributed by atoms with E-state index in [9.17, 15) is 9.59 Å². The van der Waals surface area contributed by atoms with Crippen molar-refractivity contribution >= 4 is 28.9 Å². The largest absolute Gasteiger partial charge is 0.497 e. The van der Waals surface area contributed by atoms with Crippen molar-refractivity contribution in [2.24, 2.45) is 0 Å². The highest BCUT2D eigenvalue weighted by Crippen LogP contribution is 2.28. The van der Waals surface area contributed by atoms with E-state index in [0.29, 0.717) is 22.2 Å². The first-order valence-electron chi connectivity index (χ1n) is 6.34. The first-order valence-corrected chi connectivity index (χ1v) is 6.34. The lowest BCUT2D eigenvalue weighted by atomic mass is 10.1. The number of H-pyrrole nitrogens is 1. The molecule has 6 nitrogen and oxygen atoms in total. The molecule has 0 fully saturated rings. The number of aromatic amines is 1.